The zero-order valence-corrected chi connectivity index (χ0v) is 20.4. The van der Waals surface area contributed by atoms with Crippen molar-refractivity contribution in [1.82, 2.24) is 0 Å². The number of carboxylic acid groups (broad SMARTS) is 1. The third kappa shape index (κ3) is 14.1. The van der Waals surface area contributed by atoms with Gasteiger partial charge in [0.15, 0.2) is 6.10 Å². The Morgan fingerprint density at radius 3 is 2.33 bits per heavy atom. The summed E-state index contributed by atoms with van der Waals surface area (Å²) < 4.78 is 5.80. The van der Waals surface area contributed by atoms with Gasteiger partial charge in [-0.1, -0.05) is 6.42 Å². The number of nitrogens with zero attached hydrogens (tertiary/aromatic N) is 1. The van der Waals surface area contributed by atoms with Crippen molar-refractivity contribution in [3.63, 3.8) is 0 Å². The molecule has 1 saturated heterocycles. The van der Waals surface area contributed by atoms with Crippen molar-refractivity contribution in [2.75, 3.05) is 33.4 Å². The molecule has 0 aliphatic carbocycles. The third-order valence-electron chi connectivity index (χ3n) is 3.89. The van der Waals surface area contributed by atoms with E-state index in [1.54, 1.807) is 11.8 Å². The molecule has 0 aromatic heterocycles. The van der Waals surface area contributed by atoms with E-state index in [0.717, 1.165) is 18.6 Å². The molecule has 1 heterocycles. The number of esters is 1. The maximum absolute atomic E-state index is 11.9. The van der Waals surface area contributed by atoms with Crippen LogP contribution in [-0.2, 0) is 30.8 Å². The molecule has 11 heteroatoms. The average molecular weight is 625 g/mol. The van der Waals surface area contributed by atoms with Crippen LogP contribution in [0.15, 0.2) is 0 Å². The Morgan fingerprint density at radius 2 is 1.89 bits per heavy atom. The summed E-state index contributed by atoms with van der Waals surface area (Å²) >= 11 is 1.20. The second kappa shape index (κ2) is 14.4. The molecule has 1 rings (SSSR count). The number of likely N-dealkylation sites (N-methyl/N-ethyl adjacent to an activating group) is 1. The molecular weight excluding hydrogens is 596 g/mol. The first kappa shape index (κ1) is 27.4. The SMILES string of the molecule is C[N+](C)(C)CC(CC(=O)[O-])OC(=O)CCCC[C@@H]1SC[C@H]([NH-])[C@@H]1[NH-].[Cl][Pt+2][Cl]. The number of ether oxygens (including phenoxy) is 1. The number of nitrogens with one attached hydrogen (secondary N) is 2. The van der Waals surface area contributed by atoms with E-state index >= 15 is 0 Å². The van der Waals surface area contributed by atoms with Crippen molar-refractivity contribution >= 4 is 42.5 Å². The van der Waals surface area contributed by atoms with Crippen LogP contribution in [0.1, 0.15) is 32.1 Å². The Labute approximate surface area is 182 Å². The minimum absolute atomic E-state index is 0.188. The van der Waals surface area contributed by atoms with Gasteiger partial charge in [-0.25, -0.2) is 0 Å². The van der Waals surface area contributed by atoms with Gasteiger partial charge in [0.1, 0.15) is 6.54 Å². The molecule has 1 aliphatic rings. The molecule has 2 N–H and O–H groups in total. The summed E-state index contributed by atoms with van der Waals surface area (Å²) in [4.78, 5) is 22.7. The minimum atomic E-state index is -1.22. The van der Waals surface area contributed by atoms with E-state index in [1.165, 1.54) is 0 Å². The van der Waals surface area contributed by atoms with Gasteiger partial charge in [0, 0.05) is 18.8 Å². The normalized spacial score (nSPS) is 23.4. The second-order valence-corrected chi connectivity index (χ2v) is 12.0. The molecule has 0 amide bonds. The third-order valence-corrected chi connectivity index (χ3v) is 5.40. The van der Waals surface area contributed by atoms with Gasteiger partial charge < -0.3 is 30.6 Å². The van der Waals surface area contributed by atoms with Crippen molar-refractivity contribution in [2.45, 2.75) is 55.5 Å². The molecule has 0 spiro atoms. The molecule has 0 aromatic rings. The van der Waals surface area contributed by atoms with Crippen LogP contribution in [0.25, 0.3) is 11.5 Å². The Kier molecular flexibility index (Phi) is 14.7. The predicted octanol–water partition coefficient (Wildman–Crippen LogP) is 2.64. The van der Waals surface area contributed by atoms with Crippen LogP contribution in [0, 0.1) is 0 Å². The van der Waals surface area contributed by atoms with E-state index in [-0.39, 0.29) is 36.1 Å². The molecule has 162 valence electrons. The number of carbonyl (C=O) groups is 2. The van der Waals surface area contributed by atoms with Crippen molar-refractivity contribution in [3.05, 3.63) is 11.5 Å². The molecule has 0 bridgehead atoms. The van der Waals surface area contributed by atoms with Gasteiger partial charge in [-0.15, -0.1) is 12.1 Å². The Morgan fingerprint density at radius 1 is 1.30 bits per heavy atom. The quantitative estimate of drug-likeness (QED) is 0.211. The molecule has 4 atom stereocenters. The van der Waals surface area contributed by atoms with Crippen LogP contribution in [0.3, 0.4) is 0 Å². The number of unbranched alkanes of at least 4 members (excludes halogenated alkanes) is 1. The number of quaternary nitrogens is 1. The van der Waals surface area contributed by atoms with Gasteiger partial charge in [-0.05, 0) is 23.8 Å². The summed E-state index contributed by atoms with van der Waals surface area (Å²) in [6.07, 6.45) is 1.61. The summed E-state index contributed by atoms with van der Waals surface area (Å²) in [6, 6.07) is -0.634. The molecule has 0 aromatic carbocycles. The van der Waals surface area contributed by atoms with Crippen molar-refractivity contribution in [3.8, 4) is 0 Å². The van der Waals surface area contributed by atoms with E-state index in [4.69, 9.17) is 35.0 Å². The van der Waals surface area contributed by atoms with Gasteiger partial charge >= 0.3 is 41.3 Å². The first-order valence-electron chi connectivity index (χ1n) is 8.56. The first-order valence-corrected chi connectivity index (χ1v) is 15.2. The number of aliphatic carboxylic acids is 1. The van der Waals surface area contributed by atoms with Gasteiger partial charge in [0.25, 0.3) is 0 Å². The standard InChI is InChI=1S/C16H30N3O4S.2ClH.Pt/c1-19(2,3)9-11(8-14(20)21)23-15(22)7-5-4-6-13-16(18)12(17)10-24-13;;;/h11-13,16-18H,4-10H2,1-3H3,(H,20,21);2*1H;/q-1;;;+4/p-3/t11?,12-,13-,16-;;;/m0.../s1. The van der Waals surface area contributed by atoms with E-state index in [1.807, 2.05) is 21.1 Å². The molecule has 0 saturated carbocycles. The Hall–Kier alpha value is 0.438. The molecule has 0 radical (unpaired) electrons. The number of carbonyl (C=O) groups excluding carboxylic acids is 2. The van der Waals surface area contributed by atoms with Crippen molar-refractivity contribution < 1.29 is 40.4 Å². The van der Waals surface area contributed by atoms with Crippen LogP contribution >= 0.6 is 30.6 Å². The molecule has 1 fully saturated rings. The monoisotopic (exact) mass is 624 g/mol. The fraction of sp³-hybridized carbons (Fsp3) is 0.875. The van der Waals surface area contributed by atoms with E-state index < -0.39 is 28.6 Å². The van der Waals surface area contributed by atoms with Gasteiger partial charge in [0.05, 0.1) is 21.1 Å². The number of halogens is 2. The summed E-state index contributed by atoms with van der Waals surface area (Å²) in [5, 5.41) is 11.0. The number of thioether (sulfide) groups is 1. The molecule has 7 nitrogen and oxygen atoms in total. The van der Waals surface area contributed by atoms with Gasteiger partial charge in [-0.2, -0.15) is 11.8 Å². The van der Waals surface area contributed by atoms with Gasteiger partial charge in [0.2, 0.25) is 0 Å². The summed E-state index contributed by atoms with van der Waals surface area (Å²) in [5.74, 6) is -0.878. The zero-order chi connectivity index (χ0) is 21.0. The van der Waals surface area contributed by atoms with Crippen LogP contribution < -0.4 is 5.11 Å². The zero-order valence-electron chi connectivity index (χ0n) is 15.8. The van der Waals surface area contributed by atoms with Crippen LogP contribution in [0.4, 0.5) is 0 Å². The first-order chi connectivity index (χ1) is 12.5. The predicted molar refractivity (Wildman–Crippen MR) is 105 cm³/mol. The van der Waals surface area contributed by atoms with Crippen molar-refractivity contribution in [2.24, 2.45) is 0 Å². The Bertz CT molecular complexity index is 458. The maximum atomic E-state index is 11.9. The molecule has 1 aliphatic heterocycles. The van der Waals surface area contributed by atoms with Crippen molar-refractivity contribution in [1.29, 1.82) is 0 Å². The number of rotatable bonds is 10. The number of carboxylic acids is 1. The summed E-state index contributed by atoms with van der Waals surface area (Å²) in [6.45, 7) is 0.420. The van der Waals surface area contributed by atoms with Gasteiger partial charge in [-0.3, -0.25) is 4.79 Å². The fourth-order valence-corrected chi connectivity index (χ4v) is 4.15. The fourth-order valence-electron chi connectivity index (χ4n) is 2.76. The van der Waals surface area contributed by atoms with E-state index in [0.29, 0.717) is 17.4 Å². The summed E-state index contributed by atoms with van der Waals surface area (Å²) in [5.41, 5.74) is 15.6. The molecular formula is C16H29Cl2N3O4PtS. The van der Waals surface area contributed by atoms with E-state index in [2.05, 4.69) is 0 Å². The molecule has 27 heavy (non-hydrogen) atoms. The Balaban J connectivity index is 0.00000210. The second-order valence-electron chi connectivity index (χ2n) is 7.46. The summed E-state index contributed by atoms with van der Waals surface area (Å²) in [7, 11) is 15.5. The number of hydrogen-bond acceptors (Lipinski definition) is 5. The van der Waals surface area contributed by atoms with Crippen LogP contribution in [0.2, 0.25) is 0 Å². The van der Waals surface area contributed by atoms with E-state index in [9.17, 15) is 14.7 Å². The average Bonchev–Trinajstić information content (AvgIpc) is 2.82. The van der Waals surface area contributed by atoms with Crippen LogP contribution in [0.5, 0.6) is 0 Å². The topological polar surface area (TPSA) is 114 Å². The van der Waals surface area contributed by atoms with Crippen LogP contribution in [-0.4, -0.2) is 73.3 Å². The molecule has 1 unspecified atom stereocenters. The number of hydrogen-bond donors (Lipinski definition) is 0.